The predicted octanol–water partition coefficient (Wildman–Crippen LogP) is 2.14. The fourth-order valence-corrected chi connectivity index (χ4v) is 2.13. The summed E-state index contributed by atoms with van der Waals surface area (Å²) in [6.07, 6.45) is -0.155. The highest BCUT2D eigenvalue weighted by atomic mass is 16.5. The number of hydrogen-bond donors (Lipinski definition) is 3. The van der Waals surface area contributed by atoms with Crippen molar-refractivity contribution < 1.29 is 9.53 Å². The molecule has 0 aliphatic carbocycles. The maximum absolute atomic E-state index is 11.9. The van der Waals surface area contributed by atoms with Crippen molar-refractivity contribution in [1.29, 1.82) is 0 Å². The first-order valence-electron chi connectivity index (χ1n) is 7.70. The standard InChI is InChI=1S/C18H21N5O2/c1-11(2)25-16(24)13-8-6-12(7-9-13)14-4-3-5-15(10-14)22-18(21)23-17(19)20/h3-11H,1-2H3,(H6,19,20,21,22,23). The number of carbonyl (C=O) groups excluding carboxylic acids is 1. The Hall–Kier alpha value is -3.35. The molecule has 130 valence electrons. The first-order chi connectivity index (χ1) is 11.8. The molecule has 6 N–H and O–H groups in total. The van der Waals surface area contributed by atoms with Crippen LogP contribution in [0.4, 0.5) is 5.69 Å². The van der Waals surface area contributed by atoms with E-state index in [1.165, 1.54) is 0 Å². The van der Waals surface area contributed by atoms with Crippen molar-refractivity contribution in [1.82, 2.24) is 0 Å². The lowest BCUT2D eigenvalue weighted by atomic mass is 10.0. The first kappa shape index (κ1) is 18.0. The maximum Gasteiger partial charge on any atom is 0.338 e. The lowest BCUT2D eigenvalue weighted by Gasteiger charge is -2.08. The van der Waals surface area contributed by atoms with E-state index in [1.54, 1.807) is 18.2 Å². The van der Waals surface area contributed by atoms with Crippen LogP contribution >= 0.6 is 0 Å². The molecule has 0 heterocycles. The third-order valence-corrected chi connectivity index (χ3v) is 3.13. The van der Waals surface area contributed by atoms with Crippen LogP contribution in [-0.4, -0.2) is 24.0 Å². The summed E-state index contributed by atoms with van der Waals surface area (Å²) in [5.41, 5.74) is 19.1. The van der Waals surface area contributed by atoms with Crippen LogP contribution in [-0.2, 0) is 4.74 Å². The molecule has 0 radical (unpaired) electrons. The first-order valence-corrected chi connectivity index (χ1v) is 7.70. The largest absolute Gasteiger partial charge is 0.459 e. The average Bonchev–Trinajstić information content (AvgIpc) is 2.53. The van der Waals surface area contributed by atoms with E-state index < -0.39 is 0 Å². The average molecular weight is 339 g/mol. The van der Waals surface area contributed by atoms with Gasteiger partial charge in [-0.1, -0.05) is 24.3 Å². The Bertz CT molecular complexity index is 806. The van der Waals surface area contributed by atoms with Crippen molar-refractivity contribution in [3.63, 3.8) is 0 Å². The second-order valence-corrected chi connectivity index (χ2v) is 5.59. The Labute approximate surface area is 146 Å². The van der Waals surface area contributed by atoms with E-state index in [4.69, 9.17) is 21.9 Å². The number of rotatable bonds is 4. The second kappa shape index (κ2) is 7.96. The summed E-state index contributed by atoms with van der Waals surface area (Å²) in [4.78, 5) is 19.7. The van der Waals surface area contributed by atoms with Gasteiger partial charge in [-0.3, -0.25) is 0 Å². The van der Waals surface area contributed by atoms with Gasteiger partial charge >= 0.3 is 5.97 Å². The molecule has 0 aliphatic heterocycles. The summed E-state index contributed by atoms with van der Waals surface area (Å²) in [6, 6.07) is 14.5. The van der Waals surface area contributed by atoms with E-state index >= 15 is 0 Å². The van der Waals surface area contributed by atoms with Crippen molar-refractivity contribution in [2.24, 2.45) is 27.2 Å². The molecule has 2 aromatic rings. The highest BCUT2D eigenvalue weighted by molar-refractivity contribution is 5.94. The highest BCUT2D eigenvalue weighted by Gasteiger charge is 2.09. The maximum atomic E-state index is 11.9. The topological polar surface area (TPSA) is 129 Å². The van der Waals surface area contributed by atoms with Crippen LogP contribution in [0.25, 0.3) is 11.1 Å². The Morgan fingerprint density at radius 3 is 2.28 bits per heavy atom. The van der Waals surface area contributed by atoms with Crippen LogP contribution in [0.3, 0.4) is 0 Å². The van der Waals surface area contributed by atoms with Crippen molar-refractivity contribution in [2.45, 2.75) is 20.0 Å². The molecule has 25 heavy (non-hydrogen) atoms. The number of nitrogens with zero attached hydrogens (tertiary/aromatic N) is 2. The monoisotopic (exact) mass is 339 g/mol. The molecule has 2 rings (SSSR count). The summed E-state index contributed by atoms with van der Waals surface area (Å²) in [5, 5.41) is 0. The summed E-state index contributed by atoms with van der Waals surface area (Å²) >= 11 is 0. The van der Waals surface area contributed by atoms with Gasteiger partial charge in [0.05, 0.1) is 17.4 Å². The van der Waals surface area contributed by atoms with Crippen LogP contribution in [0.2, 0.25) is 0 Å². The van der Waals surface area contributed by atoms with Crippen molar-refractivity contribution in [3.8, 4) is 11.1 Å². The third kappa shape index (κ3) is 5.35. The summed E-state index contributed by atoms with van der Waals surface area (Å²) in [7, 11) is 0. The normalized spacial score (nSPS) is 11.2. The number of guanidine groups is 2. The summed E-state index contributed by atoms with van der Waals surface area (Å²) in [6.45, 7) is 3.62. The lowest BCUT2D eigenvalue weighted by Crippen LogP contribution is -2.26. The van der Waals surface area contributed by atoms with Crippen LogP contribution < -0.4 is 17.2 Å². The minimum Gasteiger partial charge on any atom is -0.459 e. The van der Waals surface area contributed by atoms with E-state index in [9.17, 15) is 4.79 Å². The van der Waals surface area contributed by atoms with Gasteiger partial charge in [-0.15, -0.1) is 0 Å². The molecule has 0 amide bonds. The quantitative estimate of drug-likeness (QED) is 0.446. The molecular weight excluding hydrogens is 318 g/mol. The zero-order chi connectivity index (χ0) is 18.4. The fraction of sp³-hybridized carbons (Fsp3) is 0.167. The predicted molar refractivity (Wildman–Crippen MR) is 99.5 cm³/mol. The van der Waals surface area contributed by atoms with E-state index in [-0.39, 0.29) is 24.0 Å². The van der Waals surface area contributed by atoms with Gasteiger partial charge in [0.15, 0.2) is 5.96 Å². The lowest BCUT2D eigenvalue weighted by molar-refractivity contribution is 0.0378. The molecule has 0 bridgehead atoms. The molecule has 7 heteroatoms. The Kier molecular flexibility index (Phi) is 5.73. The molecule has 0 unspecified atom stereocenters. The molecule has 7 nitrogen and oxygen atoms in total. The van der Waals surface area contributed by atoms with Gasteiger partial charge in [0, 0.05) is 0 Å². The molecule has 0 spiro atoms. The van der Waals surface area contributed by atoms with E-state index in [2.05, 4.69) is 9.98 Å². The Morgan fingerprint density at radius 2 is 1.68 bits per heavy atom. The van der Waals surface area contributed by atoms with Crippen LogP contribution in [0.15, 0.2) is 58.5 Å². The van der Waals surface area contributed by atoms with Gasteiger partial charge < -0.3 is 21.9 Å². The van der Waals surface area contributed by atoms with Crippen molar-refractivity contribution in [3.05, 3.63) is 54.1 Å². The molecule has 0 saturated carbocycles. The SMILES string of the molecule is CC(C)OC(=O)c1ccc(-c2cccc(N=C(N)N=C(N)N)c2)cc1. The number of esters is 1. The van der Waals surface area contributed by atoms with Gasteiger partial charge in [0.1, 0.15) is 0 Å². The molecule has 0 aromatic heterocycles. The third-order valence-electron chi connectivity index (χ3n) is 3.13. The zero-order valence-corrected chi connectivity index (χ0v) is 14.1. The van der Waals surface area contributed by atoms with Gasteiger partial charge in [0.2, 0.25) is 5.96 Å². The van der Waals surface area contributed by atoms with Crippen molar-refractivity contribution in [2.75, 3.05) is 0 Å². The van der Waals surface area contributed by atoms with Crippen LogP contribution in [0.1, 0.15) is 24.2 Å². The van der Waals surface area contributed by atoms with Crippen molar-refractivity contribution >= 4 is 23.6 Å². The number of carbonyl (C=O) groups is 1. The summed E-state index contributed by atoms with van der Waals surface area (Å²) in [5.74, 6) is -0.518. The molecule has 0 fully saturated rings. The van der Waals surface area contributed by atoms with Crippen LogP contribution in [0, 0.1) is 0 Å². The zero-order valence-electron chi connectivity index (χ0n) is 14.1. The molecule has 0 aliphatic rings. The fourth-order valence-electron chi connectivity index (χ4n) is 2.13. The number of ether oxygens (including phenoxy) is 1. The molecule has 0 atom stereocenters. The Morgan fingerprint density at radius 1 is 1.00 bits per heavy atom. The smallest absolute Gasteiger partial charge is 0.338 e. The van der Waals surface area contributed by atoms with Gasteiger partial charge in [0.25, 0.3) is 0 Å². The Balaban J connectivity index is 2.23. The van der Waals surface area contributed by atoms with E-state index in [0.717, 1.165) is 11.1 Å². The van der Waals surface area contributed by atoms with Gasteiger partial charge in [-0.05, 0) is 49.2 Å². The van der Waals surface area contributed by atoms with E-state index in [0.29, 0.717) is 11.3 Å². The minimum atomic E-state index is -0.343. The summed E-state index contributed by atoms with van der Waals surface area (Å²) < 4.78 is 5.17. The second-order valence-electron chi connectivity index (χ2n) is 5.59. The molecular formula is C18H21N5O2. The minimum absolute atomic E-state index is 0.0241. The highest BCUT2D eigenvalue weighted by Crippen LogP contribution is 2.24. The van der Waals surface area contributed by atoms with Gasteiger partial charge in [-0.25, -0.2) is 9.79 Å². The number of benzene rings is 2. The molecule has 0 saturated heterocycles. The van der Waals surface area contributed by atoms with E-state index in [1.807, 2.05) is 44.2 Å². The van der Waals surface area contributed by atoms with Gasteiger partial charge in [-0.2, -0.15) is 4.99 Å². The number of nitrogens with two attached hydrogens (primary N) is 3. The number of aliphatic imine (C=N–C) groups is 2. The van der Waals surface area contributed by atoms with Crippen LogP contribution in [0.5, 0.6) is 0 Å². The molecule has 2 aromatic carbocycles. The number of hydrogen-bond acceptors (Lipinski definition) is 3.